The molecule has 0 radical (unpaired) electrons. The van der Waals surface area contributed by atoms with Gasteiger partial charge in [0.15, 0.2) is 0 Å². The van der Waals surface area contributed by atoms with Gasteiger partial charge in [0.25, 0.3) is 5.91 Å². The first-order valence-corrected chi connectivity index (χ1v) is 8.47. The molecule has 4 rings (SSSR count). The molecule has 1 aromatic carbocycles. The van der Waals surface area contributed by atoms with Crippen LogP contribution < -0.4 is 21.3 Å². The Hall–Kier alpha value is -3.62. The van der Waals surface area contributed by atoms with Crippen LogP contribution in [0.5, 0.6) is 0 Å². The number of amides is 1. The van der Waals surface area contributed by atoms with Gasteiger partial charge in [0, 0.05) is 39.0 Å². The predicted molar refractivity (Wildman–Crippen MR) is 104 cm³/mol. The van der Waals surface area contributed by atoms with E-state index in [1.165, 1.54) is 6.20 Å². The summed E-state index contributed by atoms with van der Waals surface area (Å²) >= 11 is 0. The van der Waals surface area contributed by atoms with Gasteiger partial charge in [0.2, 0.25) is 0 Å². The Bertz CT molecular complexity index is 1040. The average molecular weight is 364 g/mol. The zero-order chi connectivity index (χ0) is 19.1. The third-order valence-electron chi connectivity index (χ3n) is 4.51. The second-order valence-electron chi connectivity index (χ2n) is 6.40. The minimum absolute atomic E-state index is 0.237. The monoisotopic (exact) mass is 364 g/mol. The van der Waals surface area contributed by atoms with Crippen molar-refractivity contribution in [1.29, 1.82) is 0 Å². The first-order chi connectivity index (χ1) is 13.0. The highest BCUT2D eigenvalue weighted by Gasteiger charge is 2.26. The van der Waals surface area contributed by atoms with Gasteiger partial charge in [-0.25, -0.2) is 4.98 Å². The van der Waals surface area contributed by atoms with E-state index in [9.17, 15) is 4.79 Å². The van der Waals surface area contributed by atoms with Crippen molar-refractivity contribution in [2.75, 3.05) is 30.0 Å². The van der Waals surface area contributed by atoms with Crippen molar-refractivity contribution in [3.05, 3.63) is 41.7 Å². The molecule has 0 bridgehead atoms. The molecule has 9 nitrogen and oxygen atoms in total. The fourth-order valence-electron chi connectivity index (χ4n) is 3.35. The fraction of sp³-hybridized carbons (Fsp3) is 0.222. The van der Waals surface area contributed by atoms with Crippen LogP contribution in [0.25, 0.3) is 11.3 Å². The van der Waals surface area contributed by atoms with Crippen molar-refractivity contribution in [2.24, 2.45) is 7.05 Å². The maximum atomic E-state index is 12.2. The third kappa shape index (κ3) is 2.82. The number of aryl methyl sites for hydroxylation is 1. The van der Waals surface area contributed by atoms with E-state index >= 15 is 0 Å². The van der Waals surface area contributed by atoms with Crippen LogP contribution in [0.4, 0.5) is 22.9 Å². The lowest BCUT2D eigenvalue weighted by molar-refractivity contribution is 0.0963. The molecule has 0 unspecified atom stereocenters. The maximum absolute atomic E-state index is 12.2. The number of anilines is 4. The Kier molecular flexibility index (Phi) is 3.91. The quantitative estimate of drug-likeness (QED) is 0.645. The number of aromatic nitrogens is 4. The molecule has 9 heteroatoms. The van der Waals surface area contributed by atoms with E-state index in [-0.39, 0.29) is 5.91 Å². The molecule has 0 saturated carbocycles. The highest BCUT2D eigenvalue weighted by Crippen LogP contribution is 2.42. The number of hydrogen-bond donors (Lipinski definition) is 3. The Balaban J connectivity index is 1.82. The molecule has 27 heavy (non-hydrogen) atoms. The molecule has 1 aliphatic rings. The van der Waals surface area contributed by atoms with Crippen LogP contribution in [0.1, 0.15) is 16.1 Å². The van der Waals surface area contributed by atoms with Gasteiger partial charge in [0.1, 0.15) is 17.2 Å². The lowest BCUT2D eigenvalue weighted by Crippen LogP contribution is -2.23. The number of benzene rings is 1. The number of nitrogens with two attached hydrogens (primary N) is 1. The van der Waals surface area contributed by atoms with E-state index < -0.39 is 0 Å². The van der Waals surface area contributed by atoms with Crippen molar-refractivity contribution < 1.29 is 4.79 Å². The number of nitrogen functional groups attached to an aromatic ring is 1. The van der Waals surface area contributed by atoms with Crippen LogP contribution >= 0.6 is 0 Å². The van der Waals surface area contributed by atoms with Crippen LogP contribution in [-0.4, -0.2) is 40.0 Å². The van der Waals surface area contributed by atoms with Gasteiger partial charge in [-0.2, -0.15) is 15.0 Å². The lowest BCUT2D eigenvalue weighted by atomic mass is 10.0. The van der Waals surface area contributed by atoms with Crippen LogP contribution in [0.2, 0.25) is 0 Å². The standard InChI is InChI=1S/C18H20N8O/c1-20-18(27)11-8-21-15(19)7-13(11)22-12-6-4-5-10-16-14(23-26(3)24-16)9-25(2)17(10)12/h4-8H,9H2,1-3H3,(H,20,27)(H3,19,21,22). The molecule has 3 heterocycles. The highest BCUT2D eigenvalue weighted by atomic mass is 16.1. The third-order valence-corrected chi connectivity index (χ3v) is 4.51. The van der Waals surface area contributed by atoms with Crippen LogP contribution in [0.15, 0.2) is 30.5 Å². The molecule has 0 saturated heterocycles. The second-order valence-corrected chi connectivity index (χ2v) is 6.40. The van der Waals surface area contributed by atoms with E-state index in [0.29, 0.717) is 23.6 Å². The Morgan fingerprint density at radius 2 is 2.04 bits per heavy atom. The minimum atomic E-state index is -0.237. The van der Waals surface area contributed by atoms with Gasteiger partial charge in [0.05, 0.1) is 29.2 Å². The number of rotatable bonds is 3. The summed E-state index contributed by atoms with van der Waals surface area (Å²) in [7, 11) is 5.40. The first-order valence-electron chi connectivity index (χ1n) is 8.47. The highest BCUT2D eigenvalue weighted by molar-refractivity contribution is 6.01. The Morgan fingerprint density at radius 3 is 2.81 bits per heavy atom. The zero-order valence-corrected chi connectivity index (χ0v) is 15.3. The molecule has 1 amide bonds. The zero-order valence-electron chi connectivity index (χ0n) is 15.3. The van der Waals surface area contributed by atoms with Gasteiger partial charge in [-0.05, 0) is 6.07 Å². The van der Waals surface area contributed by atoms with Gasteiger partial charge in [-0.1, -0.05) is 12.1 Å². The molecule has 0 atom stereocenters. The molecule has 0 spiro atoms. The maximum Gasteiger partial charge on any atom is 0.254 e. The molecule has 3 aromatic rings. The lowest BCUT2D eigenvalue weighted by Gasteiger charge is -2.29. The van der Waals surface area contributed by atoms with E-state index in [4.69, 9.17) is 5.73 Å². The number of para-hydroxylation sites is 1. The largest absolute Gasteiger partial charge is 0.384 e. The van der Waals surface area contributed by atoms with Gasteiger partial charge < -0.3 is 21.3 Å². The summed E-state index contributed by atoms with van der Waals surface area (Å²) in [4.78, 5) is 19.9. The summed E-state index contributed by atoms with van der Waals surface area (Å²) in [5, 5.41) is 14.9. The number of hydrogen-bond acceptors (Lipinski definition) is 7. The molecule has 0 aliphatic carbocycles. The van der Waals surface area contributed by atoms with Crippen molar-refractivity contribution in [2.45, 2.75) is 6.54 Å². The first kappa shape index (κ1) is 16.8. The number of nitrogens with one attached hydrogen (secondary N) is 2. The van der Waals surface area contributed by atoms with E-state index in [2.05, 4.69) is 30.7 Å². The minimum Gasteiger partial charge on any atom is -0.384 e. The Morgan fingerprint density at radius 1 is 1.22 bits per heavy atom. The molecule has 0 fully saturated rings. The number of carbonyl (C=O) groups excluding carboxylic acids is 1. The van der Waals surface area contributed by atoms with E-state index in [0.717, 1.165) is 28.3 Å². The van der Waals surface area contributed by atoms with Crippen molar-refractivity contribution in [3.63, 3.8) is 0 Å². The summed E-state index contributed by atoms with van der Waals surface area (Å²) < 4.78 is 0. The second kappa shape index (κ2) is 6.27. The van der Waals surface area contributed by atoms with Gasteiger partial charge >= 0.3 is 0 Å². The molecule has 1 aliphatic heterocycles. The van der Waals surface area contributed by atoms with Crippen LogP contribution in [0, 0.1) is 0 Å². The summed E-state index contributed by atoms with van der Waals surface area (Å²) in [6.07, 6.45) is 1.47. The molecule has 2 aromatic heterocycles. The molecular formula is C18H20N8O. The van der Waals surface area contributed by atoms with Crippen LogP contribution in [-0.2, 0) is 13.6 Å². The fourth-order valence-corrected chi connectivity index (χ4v) is 3.35. The van der Waals surface area contributed by atoms with E-state index in [1.54, 1.807) is 17.9 Å². The van der Waals surface area contributed by atoms with E-state index in [1.807, 2.05) is 32.3 Å². The molecule has 4 N–H and O–H groups in total. The van der Waals surface area contributed by atoms with Gasteiger partial charge in [-0.3, -0.25) is 4.79 Å². The normalized spacial score (nSPS) is 12.3. The predicted octanol–water partition coefficient (Wildman–Crippen LogP) is 1.51. The van der Waals surface area contributed by atoms with Crippen molar-refractivity contribution in [3.8, 4) is 11.3 Å². The van der Waals surface area contributed by atoms with Gasteiger partial charge in [-0.15, -0.1) is 0 Å². The number of pyridine rings is 1. The molecular weight excluding hydrogens is 344 g/mol. The summed E-state index contributed by atoms with van der Waals surface area (Å²) in [5.41, 5.74) is 11.5. The number of fused-ring (bicyclic) bond motifs is 3. The smallest absolute Gasteiger partial charge is 0.254 e. The Labute approximate surface area is 156 Å². The SMILES string of the molecule is CNC(=O)c1cnc(N)cc1Nc1cccc2c1N(C)Cc1nn(C)nc1-2. The average Bonchev–Trinajstić information content (AvgIpc) is 3.01. The van der Waals surface area contributed by atoms with Crippen molar-refractivity contribution in [1.82, 2.24) is 25.3 Å². The number of nitrogens with zero attached hydrogens (tertiary/aromatic N) is 5. The summed E-state index contributed by atoms with van der Waals surface area (Å²) in [6.45, 7) is 0.648. The van der Waals surface area contributed by atoms with Crippen LogP contribution in [0.3, 0.4) is 0 Å². The topological polar surface area (TPSA) is 114 Å². The van der Waals surface area contributed by atoms with Crippen molar-refractivity contribution >= 4 is 28.8 Å². The number of carbonyl (C=O) groups is 1. The molecule has 138 valence electrons. The summed E-state index contributed by atoms with van der Waals surface area (Å²) in [5.74, 6) is 0.0962. The summed E-state index contributed by atoms with van der Waals surface area (Å²) in [6, 6.07) is 7.58.